The molecule has 342 valence electrons. The van der Waals surface area contributed by atoms with Crippen molar-refractivity contribution in [1.82, 2.24) is 0 Å². The van der Waals surface area contributed by atoms with Crippen LogP contribution in [0.25, 0.3) is 88.3 Å². The van der Waals surface area contributed by atoms with E-state index in [0.29, 0.717) is 0 Å². The number of rotatable bonds is 9. The standard InChI is InChI=1S/C71H47NO/c1-3-22-54(23-4-1)71(55-24-5-2-6-25-55)66-33-12-9-28-62(66)63-45-40-51(47-67(63)71)48-36-41-56(42-37-48)72(57-43-38-50(39-44-57)61-31-17-32-65-64-29-11-14-35-69(64)73-70(61)65)68-34-13-10-27-60(68)53-21-15-20-52(46-53)59-30-16-19-49-18-7-8-26-58(49)59/h1-47H. The Balaban J connectivity index is 0.902. The van der Waals surface area contributed by atoms with Gasteiger partial charge in [-0.2, -0.15) is 0 Å². The van der Waals surface area contributed by atoms with E-state index in [4.69, 9.17) is 4.42 Å². The van der Waals surface area contributed by atoms with Crippen molar-refractivity contribution in [3.05, 3.63) is 307 Å². The first kappa shape index (κ1) is 42.4. The molecule has 0 amide bonds. The number of hydrogen-bond acceptors (Lipinski definition) is 2. The van der Waals surface area contributed by atoms with Gasteiger partial charge < -0.3 is 9.32 Å². The van der Waals surface area contributed by atoms with Gasteiger partial charge in [0.15, 0.2) is 0 Å². The number of nitrogens with zero attached hydrogens (tertiary/aromatic N) is 1. The Hall–Kier alpha value is -9.50. The molecule has 1 aliphatic rings. The molecular weight excluding hydrogens is 883 g/mol. The fourth-order valence-corrected chi connectivity index (χ4v) is 11.9. The second-order valence-electron chi connectivity index (χ2n) is 19.1. The van der Waals surface area contributed by atoms with E-state index >= 15 is 0 Å². The Morgan fingerprint density at radius 3 is 1.58 bits per heavy atom. The number of furan rings is 1. The summed E-state index contributed by atoms with van der Waals surface area (Å²) < 4.78 is 6.52. The van der Waals surface area contributed by atoms with Crippen molar-refractivity contribution in [3.63, 3.8) is 0 Å². The molecule has 13 aromatic rings. The zero-order valence-corrected chi connectivity index (χ0v) is 40.0. The average Bonchev–Trinajstić information content (AvgIpc) is 4.00. The van der Waals surface area contributed by atoms with Gasteiger partial charge in [0, 0.05) is 33.3 Å². The van der Waals surface area contributed by atoms with Crippen molar-refractivity contribution < 1.29 is 4.42 Å². The lowest BCUT2D eigenvalue weighted by molar-refractivity contribution is 0.670. The summed E-state index contributed by atoms with van der Waals surface area (Å²) in [5.74, 6) is 0. The average molecular weight is 930 g/mol. The molecular formula is C71H47NO. The predicted molar refractivity (Wildman–Crippen MR) is 305 cm³/mol. The molecule has 1 aliphatic carbocycles. The maximum absolute atomic E-state index is 6.52. The van der Waals surface area contributed by atoms with Crippen LogP contribution in [0.3, 0.4) is 0 Å². The van der Waals surface area contributed by atoms with Gasteiger partial charge in [0.1, 0.15) is 11.2 Å². The summed E-state index contributed by atoms with van der Waals surface area (Å²) in [4.78, 5) is 2.41. The fraction of sp³-hybridized carbons (Fsp3) is 0.0141. The molecule has 2 nitrogen and oxygen atoms in total. The van der Waals surface area contributed by atoms with Gasteiger partial charge in [-0.3, -0.25) is 0 Å². The first-order valence-corrected chi connectivity index (χ1v) is 25.2. The number of fused-ring (bicyclic) bond motifs is 7. The largest absolute Gasteiger partial charge is 0.455 e. The van der Waals surface area contributed by atoms with E-state index in [1.54, 1.807) is 0 Å². The summed E-state index contributed by atoms with van der Waals surface area (Å²) in [5.41, 5.74) is 21.4. The summed E-state index contributed by atoms with van der Waals surface area (Å²) >= 11 is 0. The number of para-hydroxylation sites is 3. The highest BCUT2D eigenvalue weighted by Crippen LogP contribution is 2.57. The molecule has 12 aromatic carbocycles. The van der Waals surface area contributed by atoms with E-state index < -0.39 is 5.41 Å². The Bertz CT molecular complexity index is 4140. The molecule has 0 saturated heterocycles. The minimum Gasteiger partial charge on any atom is -0.455 e. The molecule has 0 atom stereocenters. The lowest BCUT2D eigenvalue weighted by Crippen LogP contribution is -2.28. The van der Waals surface area contributed by atoms with Gasteiger partial charge in [-0.1, -0.05) is 237 Å². The molecule has 14 rings (SSSR count). The molecule has 0 radical (unpaired) electrons. The normalized spacial score (nSPS) is 12.5. The van der Waals surface area contributed by atoms with Crippen LogP contribution >= 0.6 is 0 Å². The molecule has 1 aromatic heterocycles. The molecule has 73 heavy (non-hydrogen) atoms. The highest BCUT2D eigenvalue weighted by molar-refractivity contribution is 6.09. The summed E-state index contributed by atoms with van der Waals surface area (Å²) in [6.45, 7) is 0. The first-order valence-electron chi connectivity index (χ1n) is 25.2. The molecule has 0 N–H and O–H groups in total. The zero-order chi connectivity index (χ0) is 48.3. The van der Waals surface area contributed by atoms with Crippen molar-refractivity contribution >= 4 is 49.8 Å². The second-order valence-corrected chi connectivity index (χ2v) is 19.1. The maximum Gasteiger partial charge on any atom is 0.143 e. The Labute approximate surface area is 425 Å². The Morgan fingerprint density at radius 2 is 0.808 bits per heavy atom. The molecule has 0 saturated carbocycles. The summed E-state index contributed by atoms with van der Waals surface area (Å²) in [7, 11) is 0. The summed E-state index contributed by atoms with van der Waals surface area (Å²) in [6, 6.07) is 104. The molecule has 0 unspecified atom stereocenters. The lowest BCUT2D eigenvalue weighted by atomic mass is 9.67. The van der Waals surface area contributed by atoms with Crippen LogP contribution in [0.4, 0.5) is 17.1 Å². The van der Waals surface area contributed by atoms with Gasteiger partial charge in [-0.15, -0.1) is 0 Å². The van der Waals surface area contributed by atoms with E-state index in [9.17, 15) is 0 Å². The zero-order valence-electron chi connectivity index (χ0n) is 40.0. The van der Waals surface area contributed by atoms with E-state index in [1.165, 1.54) is 60.8 Å². The number of anilines is 3. The fourth-order valence-electron chi connectivity index (χ4n) is 11.9. The monoisotopic (exact) mass is 929 g/mol. The smallest absolute Gasteiger partial charge is 0.143 e. The van der Waals surface area contributed by atoms with Gasteiger partial charge in [0.05, 0.1) is 11.1 Å². The topological polar surface area (TPSA) is 16.4 Å². The lowest BCUT2D eigenvalue weighted by Gasteiger charge is -2.34. The van der Waals surface area contributed by atoms with Crippen molar-refractivity contribution in [1.29, 1.82) is 0 Å². The van der Waals surface area contributed by atoms with Gasteiger partial charge in [-0.05, 0) is 126 Å². The molecule has 2 heteroatoms. The predicted octanol–water partition coefficient (Wildman–Crippen LogP) is 19.2. The second kappa shape index (κ2) is 17.4. The van der Waals surface area contributed by atoms with Crippen molar-refractivity contribution in [2.45, 2.75) is 5.41 Å². The van der Waals surface area contributed by atoms with Crippen LogP contribution in [0.5, 0.6) is 0 Å². The van der Waals surface area contributed by atoms with E-state index in [-0.39, 0.29) is 0 Å². The van der Waals surface area contributed by atoms with Crippen LogP contribution < -0.4 is 4.90 Å². The minimum absolute atomic E-state index is 0.474. The highest BCUT2D eigenvalue weighted by atomic mass is 16.3. The molecule has 0 fully saturated rings. The Morgan fingerprint density at radius 1 is 0.288 bits per heavy atom. The molecule has 0 bridgehead atoms. The van der Waals surface area contributed by atoms with Gasteiger partial charge in [-0.25, -0.2) is 0 Å². The maximum atomic E-state index is 6.52. The molecule has 1 heterocycles. The van der Waals surface area contributed by atoms with Gasteiger partial charge in [0.25, 0.3) is 0 Å². The van der Waals surface area contributed by atoms with E-state index in [0.717, 1.165) is 66.8 Å². The number of benzene rings is 12. The summed E-state index contributed by atoms with van der Waals surface area (Å²) in [6.07, 6.45) is 0. The van der Waals surface area contributed by atoms with Crippen molar-refractivity contribution in [2.24, 2.45) is 0 Å². The van der Waals surface area contributed by atoms with Crippen molar-refractivity contribution in [3.8, 4) is 55.6 Å². The minimum atomic E-state index is -0.474. The van der Waals surface area contributed by atoms with E-state index in [2.05, 4.69) is 278 Å². The van der Waals surface area contributed by atoms with Crippen LogP contribution in [-0.4, -0.2) is 0 Å². The van der Waals surface area contributed by atoms with Crippen LogP contribution in [0, 0.1) is 0 Å². The highest BCUT2D eigenvalue weighted by Gasteiger charge is 2.46. The molecule has 0 spiro atoms. The van der Waals surface area contributed by atoms with Crippen molar-refractivity contribution in [2.75, 3.05) is 4.90 Å². The van der Waals surface area contributed by atoms with Crippen LogP contribution in [0.15, 0.2) is 290 Å². The van der Waals surface area contributed by atoms with Crippen LogP contribution in [-0.2, 0) is 5.41 Å². The van der Waals surface area contributed by atoms with Gasteiger partial charge in [0.2, 0.25) is 0 Å². The quantitative estimate of drug-likeness (QED) is 0.143. The third kappa shape index (κ3) is 6.94. The first-order chi connectivity index (χ1) is 36.2. The SMILES string of the molecule is c1ccc(C2(c3ccccc3)c3ccccc3-c3ccc(-c4ccc(N(c5ccc(-c6cccc7c6oc6ccccc67)cc5)c5ccccc5-c5cccc(-c6cccc7ccccc67)c5)cc4)cc32)cc1. The Kier molecular flexibility index (Phi) is 10.1. The third-order valence-corrected chi connectivity index (χ3v) is 15.2. The van der Waals surface area contributed by atoms with E-state index in [1.807, 2.05) is 12.1 Å². The van der Waals surface area contributed by atoms with Gasteiger partial charge >= 0.3 is 0 Å². The van der Waals surface area contributed by atoms with Crippen LogP contribution in [0.2, 0.25) is 0 Å². The molecule has 0 aliphatic heterocycles. The number of hydrogen-bond donors (Lipinski definition) is 0. The van der Waals surface area contributed by atoms with Crippen LogP contribution in [0.1, 0.15) is 22.3 Å². The third-order valence-electron chi connectivity index (χ3n) is 15.2. The summed E-state index contributed by atoms with van der Waals surface area (Å²) in [5, 5.41) is 4.73.